The minimum absolute atomic E-state index is 0.0107. The normalized spacial score (nSPS) is 22.7. The van der Waals surface area contributed by atoms with Gasteiger partial charge < -0.3 is 0 Å². The number of rotatable bonds is 3. The number of fused-ring (bicyclic) bond motifs is 2. The minimum Gasteiger partial charge on any atom is -0.289 e. The molecule has 7 heteroatoms. The molecule has 2 bridgehead atoms. The van der Waals surface area contributed by atoms with Crippen LogP contribution in [-0.4, -0.2) is 17.0 Å². The Morgan fingerprint density at radius 2 is 1.47 bits per heavy atom. The lowest BCUT2D eigenvalue weighted by Crippen LogP contribution is -2.47. The van der Waals surface area contributed by atoms with E-state index in [9.17, 15) is 26.3 Å². The number of halogens is 6. The average Bonchev–Trinajstić information content (AvgIpc) is 2.67. The lowest BCUT2D eigenvalue weighted by Gasteiger charge is -2.45. The number of nitrogens with zero attached hydrogens (tertiary/aromatic N) is 1. The third-order valence-corrected chi connectivity index (χ3v) is 5.95. The Morgan fingerprint density at radius 3 is 2.03 bits per heavy atom. The number of benzene rings is 2. The molecule has 0 amide bonds. The van der Waals surface area contributed by atoms with E-state index in [0.717, 1.165) is 43.5 Å². The molecule has 2 aromatic carbocycles. The van der Waals surface area contributed by atoms with Gasteiger partial charge in [-0.3, -0.25) is 4.90 Å². The van der Waals surface area contributed by atoms with Crippen molar-refractivity contribution in [1.82, 2.24) is 4.90 Å². The minimum atomic E-state index is -4.83. The first-order chi connectivity index (χ1) is 14.1. The Bertz CT molecular complexity index is 897. The Kier molecular flexibility index (Phi) is 5.43. The molecule has 0 spiro atoms. The Hall–Kier alpha value is -2.28. The first-order valence-corrected chi connectivity index (χ1v) is 9.91. The second kappa shape index (κ2) is 7.76. The molecular weight excluding hydrogens is 404 g/mol. The highest BCUT2D eigenvalue weighted by molar-refractivity contribution is 5.69. The molecule has 0 N–H and O–H groups in total. The van der Waals surface area contributed by atoms with Gasteiger partial charge in [-0.2, -0.15) is 26.3 Å². The van der Waals surface area contributed by atoms with Crippen molar-refractivity contribution in [3.8, 4) is 0 Å². The zero-order valence-corrected chi connectivity index (χ0v) is 16.1. The van der Waals surface area contributed by atoms with E-state index in [-0.39, 0.29) is 23.7 Å². The predicted octanol–water partition coefficient (Wildman–Crippen LogP) is 6.93. The molecule has 160 valence electrons. The van der Waals surface area contributed by atoms with E-state index in [4.69, 9.17) is 0 Å². The zero-order chi connectivity index (χ0) is 21.5. The SMILES string of the molecule is FC(F)(F)c1cc(C2=CC3CCCC(C2)N3Cc2ccccc2)cc(C(F)(F)F)c1. The van der Waals surface area contributed by atoms with Crippen LogP contribution in [0.4, 0.5) is 26.3 Å². The van der Waals surface area contributed by atoms with Crippen molar-refractivity contribution in [2.75, 3.05) is 0 Å². The summed E-state index contributed by atoms with van der Waals surface area (Å²) in [6.45, 7) is 0.719. The molecule has 2 atom stereocenters. The van der Waals surface area contributed by atoms with Gasteiger partial charge in [0.25, 0.3) is 0 Å². The molecule has 4 rings (SSSR count). The Morgan fingerprint density at radius 1 is 0.833 bits per heavy atom. The van der Waals surface area contributed by atoms with Crippen LogP contribution in [0.2, 0.25) is 0 Å². The summed E-state index contributed by atoms with van der Waals surface area (Å²) >= 11 is 0. The van der Waals surface area contributed by atoms with Crippen molar-refractivity contribution in [3.05, 3.63) is 76.9 Å². The summed E-state index contributed by atoms with van der Waals surface area (Å²) in [5, 5.41) is 0. The molecule has 0 aromatic heterocycles. The summed E-state index contributed by atoms with van der Waals surface area (Å²) in [5.74, 6) is 0. The highest BCUT2D eigenvalue weighted by Crippen LogP contribution is 2.42. The van der Waals surface area contributed by atoms with E-state index in [1.54, 1.807) is 0 Å². The van der Waals surface area contributed by atoms with Crippen molar-refractivity contribution >= 4 is 5.57 Å². The van der Waals surface area contributed by atoms with Crippen molar-refractivity contribution in [3.63, 3.8) is 0 Å². The molecule has 2 heterocycles. The molecule has 2 unspecified atom stereocenters. The summed E-state index contributed by atoms with van der Waals surface area (Å²) in [6, 6.07) is 11.9. The van der Waals surface area contributed by atoms with Crippen LogP contribution >= 0.6 is 0 Å². The molecule has 0 radical (unpaired) electrons. The van der Waals surface area contributed by atoms with Gasteiger partial charge in [-0.25, -0.2) is 0 Å². The number of alkyl halides is 6. The second-order valence-electron chi connectivity index (χ2n) is 8.00. The highest BCUT2D eigenvalue weighted by atomic mass is 19.4. The monoisotopic (exact) mass is 425 g/mol. The summed E-state index contributed by atoms with van der Waals surface area (Å²) in [4.78, 5) is 2.32. The predicted molar refractivity (Wildman–Crippen MR) is 102 cm³/mol. The molecule has 0 saturated carbocycles. The smallest absolute Gasteiger partial charge is 0.289 e. The summed E-state index contributed by atoms with van der Waals surface area (Å²) < 4.78 is 79.5. The van der Waals surface area contributed by atoms with Gasteiger partial charge in [0.1, 0.15) is 0 Å². The van der Waals surface area contributed by atoms with E-state index in [1.807, 2.05) is 36.4 Å². The summed E-state index contributed by atoms with van der Waals surface area (Å²) in [7, 11) is 0. The third-order valence-electron chi connectivity index (χ3n) is 5.95. The fraction of sp³-hybridized carbons (Fsp3) is 0.391. The van der Waals surface area contributed by atoms with Gasteiger partial charge in [-0.15, -0.1) is 0 Å². The maximum Gasteiger partial charge on any atom is 0.416 e. The first-order valence-electron chi connectivity index (χ1n) is 9.91. The number of hydrogen-bond donors (Lipinski definition) is 0. The Labute approximate surface area is 171 Å². The summed E-state index contributed by atoms with van der Waals surface area (Å²) in [6.07, 6.45) is -4.62. The van der Waals surface area contributed by atoms with E-state index in [2.05, 4.69) is 4.90 Å². The molecule has 1 fully saturated rings. The first kappa shape index (κ1) is 21.0. The van der Waals surface area contributed by atoms with Gasteiger partial charge in [-0.05, 0) is 54.2 Å². The fourth-order valence-corrected chi connectivity index (χ4v) is 4.51. The van der Waals surface area contributed by atoms with Crippen LogP contribution in [0.1, 0.15) is 47.9 Å². The van der Waals surface area contributed by atoms with Crippen LogP contribution < -0.4 is 0 Å². The molecule has 2 aliphatic heterocycles. The number of hydrogen-bond acceptors (Lipinski definition) is 1. The topological polar surface area (TPSA) is 3.24 Å². The van der Waals surface area contributed by atoms with Crippen molar-refractivity contribution < 1.29 is 26.3 Å². The lowest BCUT2D eigenvalue weighted by atomic mass is 9.82. The van der Waals surface area contributed by atoms with Crippen LogP contribution in [0.25, 0.3) is 5.57 Å². The zero-order valence-electron chi connectivity index (χ0n) is 16.1. The number of piperidine rings is 1. The molecule has 0 aliphatic carbocycles. The summed E-state index contributed by atoms with van der Waals surface area (Å²) in [5.41, 5.74) is -0.779. The maximum absolute atomic E-state index is 13.2. The van der Waals surface area contributed by atoms with Gasteiger partial charge in [0, 0.05) is 18.6 Å². The van der Waals surface area contributed by atoms with Crippen LogP contribution in [0.3, 0.4) is 0 Å². The third kappa shape index (κ3) is 4.41. The molecule has 2 aliphatic rings. The van der Waals surface area contributed by atoms with Crippen LogP contribution in [-0.2, 0) is 18.9 Å². The van der Waals surface area contributed by atoms with E-state index < -0.39 is 23.5 Å². The average molecular weight is 425 g/mol. The second-order valence-corrected chi connectivity index (χ2v) is 8.00. The quantitative estimate of drug-likeness (QED) is 0.482. The van der Waals surface area contributed by atoms with Gasteiger partial charge in [0.2, 0.25) is 0 Å². The van der Waals surface area contributed by atoms with Gasteiger partial charge >= 0.3 is 12.4 Å². The maximum atomic E-state index is 13.2. The van der Waals surface area contributed by atoms with Crippen LogP contribution in [0.5, 0.6) is 0 Å². The van der Waals surface area contributed by atoms with Crippen LogP contribution in [0.15, 0.2) is 54.6 Å². The largest absolute Gasteiger partial charge is 0.416 e. The molecule has 1 saturated heterocycles. The van der Waals surface area contributed by atoms with Crippen LogP contribution in [0, 0.1) is 0 Å². The molecular formula is C23H21F6N. The van der Waals surface area contributed by atoms with E-state index in [1.165, 1.54) is 0 Å². The van der Waals surface area contributed by atoms with Gasteiger partial charge in [0.15, 0.2) is 0 Å². The fourth-order valence-electron chi connectivity index (χ4n) is 4.51. The van der Waals surface area contributed by atoms with Crippen molar-refractivity contribution in [2.24, 2.45) is 0 Å². The highest BCUT2D eigenvalue weighted by Gasteiger charge is 2.39. The molecule has 1 nitrogen and oxygen atoms in total. The van der Waals surface area contributed by atoms with Gasteiger partial charge in [0.05, 0.1) is 11.1 Å². The standard InChI is InChI=1S/C23H21F6N/c24-22(25,26)18-9-16(10-19(13-18)23(27,28)29)17-11-20-7-4-8-21(12-17)30(20)14-15-5-2-1-3-6-15/h1-3,5-6,9-11,13,20-21H,4,7-8,12,14H2. The van der Waals surface area contributed by atoms with E-state index >= 15 is 0 Å². The molecule has 2 aromatic rings. The lowest BCUT2D eigenvalue weighted by molar-refractivity contribution is -0.143. The van der Waals surface area contributed by atoms with E-state index in [0.29, 0.717) is 12.0 Å². The molecule has 30 heavy (non-hydrogen) atoms. The van der Waals surface area contributed by atoms with Crippen molar-refractivity contribution in [1.29, 1.82) is 0 Å². The van der Waals surface area contributed by atoms with Crippen molar-refractivity contribution in [2.45, 2.75) is 56.7 Å². The van der Waals surface area contributed by atoms with Gasteiger partial charge in [-0.1, -0.05) is 42.8 Å². The Balaban J connectivity index is 1.69.